The molecule has 0 radical (unpaired) electrons. The molecule has 0 spiro atoms. The Bertz CT molecular complexity index is 542. The van der Waals surface area contributed by atoms with Gasteiger partial charge in [-0.05, 0) is 55.7 Å². The Morgan fingerprint density at radius 2 is 1.88 bits per heavy atom. The number of anilines is 1. The molecule has 17 heavy (non-hydrogen) atoms. The standard InChI is InChI=1S/C14H15NO2/c1-9-6-7-12(11(3)10(9)2)15-14(16)13-5-4-8-17-13/h4-8H,1-3H3,(H,15,16). The Morgan fingerprint density at radius 1 is 1.12 bits per heavy atom. The number of hydrogen-bond acceptors (Lipinski definition) is 2. The Morgan fingerprint density at radius 3 is 2.53 bits per heavy atom. The summed E-state index contributed by atoms with van der Waals surface area (Å²) < 4.78 is 5.05. The van der Waals surface area contributed by atoms with Crippen molar-refractivity contribution in [3.05, 3.63) is 53.0 Å². The Labute approximate surface area is 100 Å². The van der Waals surface area contributed by atoms with Crippen LogP contribution in [0.2, 0.25) is 0 Å². The highest BCUT2D eigenvalue weighted by Crippen LogP contribution is 2.22. The molecule has 0 aliphatic carbocycles. The fourth-order valence-electron chi connectivity index (χ4n) is 1.68. The first-order valence-corrected chi connectivity index (χ1v) is 5.51. The molecule has 0 saturated carbocycles. The van der Waals surface area contributed by atoms with Crippen LogP contribution < -0.4 is 5.32 Å². The summed E-state index contributed by atoms with van der Waals surface area (Å²) in [5, 5.41) is 2.85. The Kier molecular flexibility index (Phi) is 3.00. The summed E-state index contributed by atoms with van der Waals surface area (Å²) in [6.45, 7) is 6.10. The SMILES string of the molecule is Cc1ccc(NC(=O)c2ccco2)c(C)c1C. The van der Waals surface area contributed by atoms with Crippen LogP contribution in [-0.4, -0.2) is 5.91 Å². The van der Waals surface area contributed by atoms with Crippen molar-refractivity contribution in [3.8, 4) is 0 Å². The molecular formula is C14H15NO2. The highest BCUT2D eigenvalue weighted by molar-refractivity contribution is 6.02. The molecule has 0 aliphatic rings. The smallest absolute Gasteiger partial charge is 0.291 e. The van der Waals surface area contributed by atoms with Gasteiger partial charge in [-0.2, -0.15) is 0 Å². The second-order valence-electron chi connectivity index (χ2n) is 4.11. The highest BCUT2D eigenvalue weighted by Gasteiger charge is 2.11. The average Bonchev–Trinajstić information content (AvgIpc) is 2.83. The Hall–Kier alpha value is -2.03. The van der Waals surface area contributed by atoms with Crippen LogP contribution in [-0.2, 0) is 0 Å². The van der Waals surface area contributed by atoms with Crippen molar-refractivity contribution in [3.63, 3.8) is 0 Å². The normalized spacial score (nSPS) is 10.3. The van der Waals surface area contributed by atoms with Gasteiger partial charge in [0.1, 0.15) is 0 Å². The lowest BCUT2D eigenvalue weighted by atomic mass is 10.0. The van der Waals surface area contributed by atoms with Gasteiger partial charge in [0.05, 0.1) is 6.26 Å². The predicted octanol–water partition coefficient (Wildman–Crippen LogP) is 3.46. The van der Waals surface area contributed by atoms with E-state index in [0.29, 0.717) is 5.76 Å². The van der Waals surface area contributed by atoms with Crippen LogP contribution in [0.4, 0.5) is 5.69 Å². The minimum Gasteiger partial charge on any atom is -0.459 e. The van der Waals surface area contributed by atoms with Gasteiger partial charge in [-0.25, -0.2) is 0 Å². The zero-order valence-corrected chi connectivity index (χ0v) is 10.2. The van der Waals surface area contributed by atoms with Gasteiger partial charge in [0.25, 0.3) is 5.91 Å². The van der Waals surface area contributed by atoms with Crippen molar-refractivity contribution >= 4 is 11.6 Å². The van der Waals surface area contributed by atoms with E-state index in [4.69, 9.17) is 4.42 Å². The maximum atomic E-state index is 11.8. The lowest BCUT2D eigenvalue weighted by molar-refractivity contribution is 0.0996. The lowest BCUT2D eigenvalue weighted by Crippen LogP contribution is -2.12. The van der Waals surface area contributed by atoms with Crippen molar-refractivity contribution < 1.29 is 9.21 Å². The first-order chi connectivity index (χ1) is 8.09. The highest BCUT2D eigenvalue weighted by atomic mass is 16.3. The van der Waals surface area contributed by atoms with Crippen molar-refractivity contribution in [1.29, 1.82) is 0 Å². The second kappa shape index (κ2) is 4.45. The van der Waals surface area contributed by atoms with Gasteiger partial charge in [0.2, 0.25) is 0 Å². The topological polar surface area (TPSA) is 42.2 Å². The fourth-order valence-corrected chi connectivity index (χ4v) is 1.68. The summed E-state index contributed by atoms with van der Waals surface area (Å²) in [7, 11) is 0. The zero-order valence-electron chi connectivity index (χ0n) is 10.2. The van der Waals surface area contributed by atoms with E-state index in [-0.39, 0.29) is 5.91 Å². The number of amides is 1. The van der Waals surface area contributed by atoms with Crippen molar-refractivity contribution in [1.82, 2.24) is 0 Å². The van der Waals surface area contributed by atoms with Crippen LogP contribution in [0.1, 0.15) is 27.2 Å². The van der Waals surface area contributed by atoms with E-state index in [2.05, 4.69) is 12.2 Å². The second-order valence-corrected chi connectivity index (χ2v) is 4.11. The molecule has 0 bridgehead atoms. The average molecular weight is 229 g/mol. The van der Waals surface area contributed by atoms with E-state index in [1.165, 1.54) is 17.4 Å². The summed E-state index contributed by atoms with van der Waals surface area (Å²) in [5.41, 5.74) is 4.33. The van der Waals surface area contributed by atoms with Crippen molar-refractivity contribution in [2.75, 3.05) is 5.32 Å². The number of carbonyl (C=O) groups excluding carboxylic acids is 1. The summed E-state index contributed by atoms with van der Waals surface area (Å²) in [6, 6.07) is 7.26. The molecule has 1 aromatic heterocycles. The minimum atomic E-state index is -0.221. The van der Waals surface area contributed by atoms with Crippen LogP contribution >= 0.6 is 0 Å². The molecule has 1 N–H and O–H groups in total. The van der Waals surface area contributed by atoms with E-state index in [1.54, 1.807) is 12.1 Å². The molecule has 3 nitrogen and oxygen atoms in total. The largest absolute Gasteiger partial charge is 0.459 e. The number of nitrogens with one attached hydrogen (secondary N) is 1. The number of rotatable bonds is 2. The third kappa shape index (κ3) is 2.23. The summed E-state index contributed by atoms with van der Waals surface area (Å²) in [6.07, 6.45) is 1.49. The fraction of sp³-hybridized carbons (Fsp3) is 0.214. The first-order valence-electron chi connectivity index (χ1n) is 5.51. The van der Waals surface area contributed by atoms with Gasteiger partial charge in [0, 0.05) is 5.69 Å². The Balaban J connectivity index is 2.25. The van der Waals surface area contributed by atoms with E-state index < -0.39 is 0 Å². The molecule has 2 rings (SSSR count). The number of furan rings is 1. The summed E-state index contributed by atoms with van der Waals surface area (Å²) in [5.74, 6) is 0.101. The molecule has 1 amide bonds. The van der Waals surface area contributed by atoms with E-state index in [0.717, 1.165) is 11.3 Å². The third-order valence-corrected chi connectivity index (χ3v) is 3.05. The number of hydrogen-bond donors (Lipinski definition) is 1. The maximum absolute atomic E-state index is 11.8. The van der Waals surface area contributed by atoms with Gasteiger partial charge >= 0.3 is 0 Å². The number of aryl methyl sites for hydroxylation is 1. The van der Waals surface area contributed by atoms with Crippen LogP contribution in [0.3, 0.4) is 0 Å². The van der Waals surface area contributed by atoms with Crippen LogP contribution in [0, 0.1) is 20.8 Å². The molecule has 0 atom stereocenters. The third-order valence-electron chi connectivity index (χ3n) is 3.05. The molecule has 3 heteroatoms. The van der Waals surface area contributed by atoms with Gasteiger partial charge in [-0.15, -0.1) is 0 Å². The minimum absolute atomic E-state index is 0.221. The molecule has 0 unspecified atom stereocenters. The molecule has 1 heterocycles. The molecule has 2 aromatic rings. The quantitative estimate of drug-likeness (QED) is 0.856. The van der Waals surface area contributed by atoms with Crippen LogP contribution in [0.5, 0.6) is 0 Å². The predicted molar refractivity (Wildman–Crippen MR) is 67.3 cm³/mol. The number of benzene rings is 1. The monoisotopic (exact) mass is 229 g/mol. The zero-order chi connectivity index (χ0) is 12.4. The van der Waals surface area contributed by atoms with E-state index in [9.17, 15) is 4.79 Å². The van der Waals surface area contributed by atoms with Gasteiger partial charge in [-0.3, -0.25) is 4.79 Å². The molecule has 0 saturated heterocycles. The van der Waals surface area contributed by atoms with E-state index >= 15 is 0 Å². The molecular weight excluding hydrogens is 214 g/mol. The van der Waals surface area contributed by atoms with E-state index in [1.807, 2.05) is 26.0 Å². The first kappa shape index (κ1) is 11.5. The molecule has 88 valence electrons. The number of carbonyl (C=O) groups is 1. The van der Waals surface area contributed by atoms with Gasteiger partial charge < -0.3 is 9.73 Å². The lowest BCUT2D eigenvalue weighted by Gasteiger charge is -2.11. The molecule has 1 aromatic carbocycles. The van der Waals surface area contributed by atoms with Crippen LogP contribution in [0.25, 0.3) is 0 Å². The molecule has 0 aliphatic heterocycles. The van der Waals surface area contributed by atoms with Gasteiger partial charge in [-0.1, -0.05) is 6.07 Å². The van der Waals surface area contributed by atoms with Crippen LogP contribution in [0.15, 0.2) is 34.9 Å². The summed E-state index contributed by atoms with van der Waals surface area (Å²) >= 11 is 0. The van der Waals surface area contributed by atoms with Crippen molar-refractivity contribution in [2.24, 2.45) is 0 Å². The maximum Gasteiger partial charge on any atom is 0.291 e. The van der Waals surface area contributed by atoms with Gasteiger partial charge in [0.15, 0.2) is 5.76 Å². The molecule has 0 fully saturated rings. The van der Waals surface area contributed by atoms with Crippen molar-refractivity contribution in [2.45, 2.75) is 20.8 Å². The summed E-state index contributed by atoms with van der Waals surface area (Å²) in [4.78, 5) is 11.8.